The monoisotopic (exact) mass is 524 g/mol. The molecule has 2 aromatic heterocycles. The van der Waals surface area contributed by atoms with Crippen LogP contribution in [0.5, 0.6) is 5.75 Å². The van der Waals surface area contributed by atoms with Gasteiger partial charge in [0.05, 0.1) is 0 Å². The first-order chi connectivity index (χ1) is 17.8. The topological polar surface area (TPSA) is 104 Å². The number of rotatable bonds is 15. The molecular formula is C27H40N6O3Si. The molecule has 3 rings (SSSR count). The van der Waals surface area contributed by atoms with Crippen LogP contribution in [0.1, 0.15) is 45.4 Å². The number of unbranched alkanes of at least 4 members (excludes halogenated alkanes) is 5. The van der Waals surface area contributed by atoms with E-state index >= 15 is 0 Å². The van der Waals surface area contributed by atoms with Crippen LogP contribution < -0.4 is 10.1 Å². The van der Waals surface area contributed by atoms with Gasteiger partial charge >= 0.3 is 6.09 Å². The Morgan fingerprint density at radius 1 is 1.00 bits per heavy atom. The van der Waals surface area contributed by atoms with Crippen LogP contribution in [0.25, 0.3) is 22.5 Å². The third-order valence-electron chi connectivity index (χ3n) is 5.83. The van der Waals surface area contributed by atoms with Crippen molar-refractivity contribution in [1.82, 2.24) is 30.5 Å². The smallest absolute Gasteiger partial charge is 0.410 e. The number of hydrogen-bond acceptors (Lipinski definition) is 7. The maximum absolute atomic E-state index is 12.2. The molecule has 37 heavy (non-hydrogen) atoms. The molecule has 0 unspecified atom stereocenters. The average molecular weight is 525 g/mol. The second-order valence-electron chi connectivity index (χ2n) is 10.4. The second-order valence-corrected chi connectivity index (χ2v) is 16.0. The van der Waals surface area contributed by atoms with Crippen molar-refractivity contribution in [1.29, 1.82) is 0 Å². The van der Waals surface area contributed by atoms with E-state index in [4.69, 9.17) is 9.47 Å². The lowest BCUT2D eigenvalue weighted by atomic mass is 10.1. The SMILES string of the molecule is CCCCCCCCNC(=O)Oc1cccc(-c2cncc(-c3nnn(COCC[Si](C)(C)C)n3)c2)c1. The Bertz CT molecular complexity index is 1120. The number of nitrogens with one attached hydrogen (secondary N) is 1. The van der Waals surface area contributed by atoms with E-state index in [1.54, 1.807) is 18.5 Å². The Kier molecular flexibility index (Phi) is 11.2. The highest BCUT2D eigenvalue weighted by Crippen LogP contribution is 2.26. The van der Waals surface area contributed by atoms with Gasteiger partial charge < -0.3 is 14.8 Å². The van der Waals surface area contributed by atoms with Gasteiger partial charge in [0.25, 0.3) is 0 Å². The number of tetrazole rings is 1. The average Bonchev–Trinajstić information content (AvgIpc) is 3.35. The number of pyridine rings is 1. The standard InChI is InChI=1S/C27H40N6O3Si/c1-5-6-7-8-9-10-14-29-27(34)36-25-13-11-12-22(18-25)23-17-24(20-28-19-23)26-30-32-33(31-26)21-35-15-16-37(2,3)4/h11-13,17-20H,5-10,14-16,21H2,1-4H3,(H,29,34). The van der Waals surface area contributed by atoms with Crippen LogP contribution in [0, 0.1) is 0 Å². The van der Waals surface area contributed by atoms with E-state index < -0.39 is 14.2 Å². The van der Waals surface area contributed by atoms with Crippen molar-refractivity contribution in [3.63, 3.8) is 0 Å². The molecular weight excluding hydrogens is 484 g/mol. The van der Waals surface area contributed by atoms with Gasteiger partial charge in [0.1, 0.15) is 5.75 Å². The summed E-state index contributed by atoms with van der Waals surface area (Å²) >= 11 is 0. The first-order valence-corrected chi connectivity index (χ1v) is 16.9. The van der Waals surface area contributed by atoms with Gasteiger partial charge in [-0.3, -0.25) is 4.98 Å². The molecule has 0 aliphatic heterocycles. The Labute approximate surface area is 221 Å². The molecule has 0 atom stereocenters. The zero-order valence-electron chi connectivity index (χ0n) is 22.6. The van der Waals surface area contributed by atoms with Crippen LogP contribution >= 0.6 is 0 Å². The molecule has 1 aromatic carbocycles. The maximum atomic E-state index is 12.2. The molecule has 0 spiro atoms. The molecule has 9 nitrogen and oxygen atoms in total. The number of benzene rings is 1. The highest BCUT2D eigenvalue weighted by Gasteiger charge is 2.13. The number of amides is 1. The third kappa shape index (κ3) is 10.4. The minimum absolute atomic E-state index is 0.269. The van der Waals surface area contributed by atoms with E-state index in [2.05, 4.69) is 52.3 Å². The Balaban J connectivity index is 1.53. The molecule has 200 valence electrons. The number of carbonyl (C=O) groups excluding carboxylic acids is 1. The fourth-order valence-electron chi connectivity index (χ4n) is 3.64. The summed E-state index contributed by atoms with van der Waals surface area (Å²) in [6.07, 6.45) is 10.1. The predicted molar refractivity (Wildman–Crippen MR) is 148 cm³/mol. The summed E-state index contributed by atoms with van der Waals surface area (Å²) in [6.45, 7) is 10.7. The Morgan fingerprint density at radius 2 is 1.78 bits per heavy atom. The van der Waals surface area contributed by atoms with Crippen molar-refractivity contribution >= 4 is 14.2 Å². The number of hydrogen-bond donors (Lipinski definition) is 1. The first-order valence-electron chi connectivity index (χ1n) is 13.2. The summed E-state index contributed by atoms with van der Waals surface area (Å²) in [4.78, 5) is 18.0. The van der Waals surface area contributed by atoms with Crippen molar-refractivity contribution in [2.45, 2.75) is 77.9 Å². The zero-order valence-corrected chi connectivity index (χ0v) is 23.6. The molecule has 0 saturated heterocycles. The fourth-order valence-corrected chi connectivity index (χ4v) is 4.39. The lowest BCUT2D eigenvalue weighted by molar-refractivity contribution is 0.0674. The van der Waals surface area contributed by atoms with Gasteiger partial charge in [0, 0.05) is 44.7 Å². The molecule has 0 bridgehead atoms. The normalized spacial score (nSPS) is 11.5. The fraction of sp³-hybridized carbons (Fsp3) is 0.519. The Hall–Kier alpha value is -3.11. The van der Waals surface area contributed by atoms with Gasteiger partial charge in [0.2, 0.25) is 5.82 Å². The number of carbonyl (C=O) groups is 1. The molecule has 10 heteroatoms. The lowest BCUT2D eigenvalue weighted by Gasteiger charge is -2.14. The molecule has 2 heterocycles. The molecule has 0 saturated carbocycles. The van der Waals surface area contributed by atoms with E-state index in [-0.39, 0.29) is 6.73 Å². The van der Waals surface area contributed by atoms with Gasteiger partial charge in [0.15, 0.2) is 6.73 Å². The summed E-state index contributed by atoms with van der Waals surface area (Å²) < 4.78 is 11.2. The van der Waals surface area contributed by atoms with E-state index in [0.717, 1.165) is 35.6 Å². The summed E-state index contributed by atoms with van der Waals surface area (Å²) in [5.74, 6) is 0.951. The van der Waals surface area contributed by atoms with Crippen molar-refractivity contribution in [3.05, 3.63) is 42.7 Å². The molecule has 3 aromatic rings. The van der Waals surface area contributed by atoms with Crippen LogP contribution in [0.15, 0.2) is 42.7 Å². The second kappa shape index (κ2) is 14.6. The number of nitrogens with zero attached hydrogens (tertiary/aromatic N) is 5. The van der Waals surface area contributed by atoms with E-state index in [0.29, 0.717) is 24.7 Å². The molecule has 0 aliphatic carbocycles. The molecule has 0 aliphatic rings. The molecule has 1 N–H and O–H groups in total. The highest BCUT2D eigenvalue weighted by atomic mass is 28.3. The molecule has 1 amide bonds. The summed E-state index contributed by atoms with van der Waals surface area (Å²) in [6, 6.07) is 10.4. The van der Waals surface area contributed by atoms with Crippen LogP contribution in [0.2, 0.25) is 25.7 Å². The zero-order chi connectivity index (χ0) is 26.5. The van der Waals surface area contributed by atoms with Gasteiger partial charge in [-0.25, -0.2) is 4.79 Å². The third-order valence-corrected chi connectivity index (χ3v) is 7.53. The predicted octanol–water partition coefficient (Wildman–Crippen LogP) is 6.16. The highest BCUT2D eigenvalue weighted by molar-refractivity contribution is 6.76. The van der Waals surface area contributed by atoms with Gasteiger partial charge in [-0.1, -0.05) is 70.8 Å². The maximum Gasteiger partial charge on any atom is 0.412 e. The van der Waals surface area contributed by atoms with Crippen LogP contribution in [-0.2, 0) is 11.5 Å². The van der Waals surface area contributed by atoms with Crippen LogP contribution in [-0.4, -0.2) is 52.5 Å². The summed E-state index contributed by atoms with van der Waals surface area (Å²) in [7, 11) is -1.14. The van der Waals surface area contributed by atoms with E-state index in [9.17, 15) is 4.79 Å². The van der Waals surface area contributed by atoms with Crippen molar-refractivity contribution < 1.29 is 14.3 Å². The molecule has 0 radical (unpaired) electrons. The summed E-state index contributed by atoms with van der Waals surface area (Å²) in [5, 5.41) is 15.5. The summed E-state index contributed by atoms with van der Waals surface area (Å²) in [5.41, 5.74) is 2.48. The largest absolute Gasteiger partial charge is 0.412 e. The minimum Gasteiger partial charge on any atom is -0.410 e. The molecule has 0 fully saturated rings. The van der Waals surface area contributed by atoms with Gasteiger partial charge in [-0.15, -0.1) is 15.0 Å². The quantitative estimate of drug-likeness (QED) is 0.187. The number of aromatic nitrogens is 5. The van der Waals surface area contributed by atoms with E-state index in [1.807, 2.05) is 24.3 Å². The lowest BCUT2D eigenvalue weighted by Crippen LogP contribution is -2.27. The van der Waals surface area contributed by atoms with E-state index in [1.165, 1.54) is 30.5 Å². The van der Waals surface area contributed by atoms with Crippen LogP contribution in [0.4, 0.5) is 4.79 Å². The van der Waals surface area contributed by atoms with Crippen molar-refractivity contribution in [2.24, 2.45) is 0 Å². The van der Waals surface area contributed by atoms with Gasteiger partial charge in [-0.2, -0.15) is 0 Å². The van der Waals surface area contributed by atoms with Crippen LogP contribution in [0.3, 0.4) is 0 Å². The van der Waals surface area contributed by atoms with Gasteiger partial charge in [-0.05, 0) is 41.4 Å². The first kappa shape index (κ1) is 28.5. The van der Waals surface area contributed by atoms with Crippen molar-refractivity contribution in [3.8, 4) is 28.3 Å². The Morgan fingerprint density at radius 3 is 2.59 bits per heavy atom. The minimum atomic E-state index is -1.14. The van der Waals surface area contributed by atoms with Crippen molar-refractivity contribution in [2.75, 3.05) is 13.2 Å². The number of ether oxygens (including phenoxy) is 2.